The van der Waals surface area contributed by atoms with Crippen molar-refractivity contribution in [2.24, 2.45) is 0 Å². The van der Waals surface area contributed by atoms with Crippen molar-refractivity contribution in [2.45, 2.75) is 18.9 Å². The van der Waals surface area contributed by atoms with Crippen LogP contribution in [0.5, 0.6) is 5.88 Å². The van der Waals surface area contributed by atoms with Gasteiger partial charge in [-0.1, -0.05) is 0 Å². The quantitative estimate of drug-likeness (QED) is 0.933. The lowest BCUT2D eigenvalue weighted by Gasteiger charge is -2.32. The number of nitrogens with zero attached hydrogens (tertiary/aromatic N) is 2. The summed E-state index contributed by atoms with van der Waals surface area (Å²) in [4.78, 5) is 32.1. The second-order valence-corrected chi connectivity index (χ2v) is 5.34. The van der Waals surface area contributed by atoms with E-state index in [1.165, 1.54) is 30.6 Å². The van der Waals surface area contributed by atoms with Crippen LogP contribution in [-0.2, 0) is 0 Å². The topological polar surface area (TPSA) is 75.3 Å². The molecule has 1 unspecified atom stereocenters. The number of likely N-dealkylation sites (tertiary alicyclic amines) is 1. The zero-order valence-electron chi connectivity index (χ0n) is 12.4. The fraction of sp³-hybridized carbons (Fsp3) is 0.312. The van der Waals surface area contributed by atoms with E-state index in [0.717, 1.165) is 6.42 Å². The van der Waals surface area contributed by atoms with E-state index in [0.29, 0.717) is 19.5 Å². The highest BCUT2D eigenvalue weighted by Crippen LogP contribution is 2.19. The summed E-state index contributed by atoms with van der Waals surface area (Å²) in [6.07, 6.45) is 4.00. The highest BCUT2D eigenvalue weighted by molar-refractivity contribution is 5.93. The number of H-pyrrole nitrogens is 1. The largest absolute Gasteiger partial charge is 0.470 e. The molecule has 1 amide bonds. The number of hydrogen-bond acceptors (Lipinski definition) is 4. The summed E-state index contributed by atoms with van der Waals surface area (Å²) in [7, 11) is 0. The van der Waals surface area contributed by atoms with Gasteiger partial charge >= 0.3 is 0 Å². The van der Waals surface area contributed by atoms with E-state index in [-0.39, 0.29) is 23.5 Å². The number of amides is 1. The number of aromatic amines is 1. The van der Waals surface area contributed by atoms with Crippen LogP contribution in [0, 0.1) is 5.82 Å². The molecule has 1 fully saturated rings. The molecule has 0 aliphatic carbocycles. The molecular weight excluding hydrogens is 301 g/mol. The summed E-state index contributed by atoms with van der Waals surface area (Å²) < 4.78 is 19.2. The molecule has 1 atom stereocenters. The average Bonchev–Trinajstić information content (AvgIpc) is 2.57. The van der Waals surface area contributed by atoms with Gasteiger partial charge in [-0.2, -0.15) is 0 Å². The normalized spacial score (nSPS) is 17.8. The molecule has 3 rings (SSSR count). The maximum absolute atomic E-state index is 13.6. The van der Waals surface area contributed by atoms with Crippen molar-refractivity contribution in [1.29, 1.82) is 0 Å². The van der Waals surface area contributed by atoms with Crippen LogP contribution >= 0.6 is 0 Å². The Balaban J connectivity index is 1.71. The number of nitrogens with one attached hydrogen (secondary N) is 1. The van der Waals surface area contributed by atoms with Crippen LogP contribution in [0.1, 0.15) is 23.2 Å². The van der Waals surface area contributed by atoms with Crippen LogP contribution in [-0.4, -0.2) is 40.0 Å². The smallest absolute Gasteiger partial charge is 0.260 e. The van der Waals surface area contributed by atoms with Crippen LogP contribution in [0.25, 0.3) is 0 Å². The monoisotopic (exact) mass is 317 g/mol. The van der Waals surface area contributed by atoms with Gasteiger partial charge in [0.05, 0.1) is 6.54 Å². The molecule has 120 valence electrons. The van der Waals surface area contributed by atoms with Crippen molar-refractivity contribution in [1.82, 2.24) is 14.9 Å². The lowest BCUT2D eigenvalue weighted by Crippen LogP contribution is -2.45. The lowest BCUT2D eigenvalue weighted by molar-refractivity contribution is 0.0516. The van der Waals surface area contributed by atoms with Gasteiger partial charge in [-0.3, -0.25) is 9.59 Å². The SMILES string of the molecule is O=C(c1ccc[nH]c1=O)N1CCCC(Oc2ncccc2F)C1. The van der Waals surface area contributed by atoms with Gasteiger partial charge in [0.2, 0.25) is 0 Å². The number of piperidine rings is 1. The molecule has 1 aliphatic rings. The van der Waals surface area contributed by atoms with Gasteiger partial charge in [-0.25, -0.2) is 9.37 Å². The van der Waals surface area contributed by atoms with E-state index in [1.54, 1.807) is 11.0 Å². The minimum Gasteiger partial charge on any atom is -0.470 e. The van der Waals surface area contributed by atoms with E-state index >= 15 is 0 Å². The summed E-state index contributed by atoms with van der Waals surface area (Å²) >= 11 is 0. The predicted molar refractivity (Wildman–Crippen MR) is 80.8 cm³/mol. The number of aromatic nitrogens is 2. The number of carbonyl (C=O) groups excluding carboxylic acids is 1. The molecule has 0 aromatic carbocycles. The molecule has 1 saturated heterocycles. The second kappa shape index (κ2) is 6.60. The summed E-state index contributed by atoms with van der Waals surface area (Å²) in [6, 6.07) is 5.86. The highest BCUT2D eigenvalue weighted by atomic mass is 19.1. The van der Waals surface area contributed by atoms with Crippen LogP contribution in [0.4, 0.5) is 4.39 Å². The molecular formula is C16H16FN3O3. The second-order valence-electron chi connectivity index (χ2n) is 5.34. The van der Waals surface area contributed by atoms with Gasteiger partial charge in [0, 0.05) is 18.9 Å². The minimum absolute atomic E-state index is 0.0654. The average molecular weight is 317 g/mol. The number of ether oxygens (including phenoxy) is 1. The third-order valence-electron chi connectivity index (χ3n) is 3.72. The predicted octanol–water partition coefficient (Wildman–Crippen LogP) is 1.59. The van der Waals surface area contributed by atoms with Crippen molar-refractivity contribution in [3.63, 3.8) is 0 Å². The van der Waals surface area contributed by atoms with Crippen molar-refractivity contribution < 1.29 is 13.9 Å². The third-order valence-corrected chi connectivity index (χ3v) is 3.72. The molecule has 23 heavy (non-hydrogen) atoms. The molecule has 0 bridgehead atoms. The van der Waals surface area contributed by atoms with Gasteiger partial charge in [-0.15, -0.1) is 0 Å². The highest BCUT2D eigenvalue weighted by Gasteiger charge is 2.27. The summed E-state index contributed by atoms with van der Waals surface area (Å²) in [5.74, 6) is -0.943. The number of carbonyl (C=O) groups is 1. The van der Waals surface area contributed by atoms with Crippen molar-refractivity contribution in [3.8, 4) is 5.88 Å². The first kappa shape index (κ1) is 15.2. The zero-order valence-corrected chi connectivity index (χ0v) is 12.4. The Kier molecular flexibility index (Phi) is 4.36. The maximum Gasteiger partial charge on any atom is 0.260 e. The first-order valence-electron chi connectivity index (χ1n) is 7.39. The fourth-order valence-corrected chi connectivity index (χ4v) is 2.59. The van der Waals surface area contributed by atoms with Gasteiger partial charge in [0.25, 0.3) is 17.3 Å². The van der Waals surface area contributed by atoms with Gasteiger partial charge < -0.3 is 14.6 Å². The lowest BCUT2D eigenvalue weighted by atomic mass is 10.1. The maximum atomic E-state index is 13.6. The molecule has 2 aromatic heterocycles. The fourth-order valence-electron chi connectivity index (χ4n) is 2.59. The van der Waals surface area contributed by atoms with Crippen LogP contribution in [0.3, 0.4) is 0 Å². The molecule has 0 spiro atoms. The van der Waals surface area contributed by atoms with Crippen LogP contribution in [0.15, 0.2) is 41.5 Å². The zero-order chi connectivity index (χ0) is 16.2. The van der Waals surface area contributed by atoms with Crippen LogP contribution < -0.4 is 10.3 Å². The molecule has 2 aromatic rings. The van der Waals surface area contributed by atoms with Crippen molar-refractivity contribution >= 4 is 5.91 Å². The van der Waals surface area contributed by atoms with E-state index in [1.807, 2.05) is 0 Å². The summed E-state index contributed by atoms with van der Waals surface area (Å²) in [5.41, 5.74) is -0.325. The number of pyridine rings is 2. The summed E-state index contributed by atoms with van der Waals surface area (Å²) in [6.45, 7) is 0.834. The third kappa shape index (κ3) is 3.39. The van der Waals surface area contributed by atoms with Crippen molar-refractivity contribution in [2.75, 3.05) is 13.1 Å². The van der Waals surface area contributed by atoms with E-state index in [4.69, 9.17) is 4.74 Å². The Morgan fingerprint density at radius 2 is 2.26 bits per heavy atom. The van der Waals surface area contributed by atoms with E-state index < -0.39 is 11.4 Å². The number of rotatable bonds is 3. The molecule has 1 N–H and O–H groups in total. The Labute approximate surface area is 131 Å². The minimum atomic E-state index is -0.532. The Bertz CT molecular complexity index is 762. The molecule has 7 heteroatoms. The molecule has 0 radical (unpaired) electrons. The first-order valence-corrected chi connectivity index (χ1v) is 7.39. The van der Waals surface area contributed by atoms with Crippen molar-refractivity contribution in [3.05, 3.63) is 58.4 Å². The Morgan fingerprint density at radius 3 is 3.04 bits per heavy atom. The number of halogens is 1. The standard InChI is InChI=1S/C16H16FN3O3/c17-13-6-2-8-19-15(13)23-11-4-3-9-20(10-11)16(22)12-5-1-7-18-14(12)21/h1-2,5-8,11H,3-4,9-10H2,(H,18,21). The molecule has 3 heterocycles. The Hall–Kier alpha value is -2.70. The summed E-state index contributed by atoms with van der Waals surface area (Å²) in [5, 5.41) is 0. The molecule has 1 aliphatic heterocycles. The van der Waals surface area contributed by atoms with E-state index in [2.05, 4.69) is 9.97 Å². The van der Waals surface area contributed by atoms with Gasteiger partial charge in [-0.05, 0) is 37.1 Å². The van der Waals surface area contributed by atoms with Crippen LogP contribution in [0.2, 0.25) is 0 Å². The van der Waals surface area contributed by atoms with Gasteiger partial charge in [0.15, 0.2) is 5.82 Å². The van der Waals surface area contributed by atoms with Gasteiger partial charge in [0.1, 0.15) is 11.7 Å². The number of hydrogen-bond donors (Lipinski definition) is 1. The van der Waals surface area contributed by atoms with E-state index in [9.17, 15) is 14.0 Å². The Morgan fingerprint density at radius 1 is 1.39 bits per heavy atom. The molecule has 6 nitrogen and oxygen atoms in total. The first-order chi connectivity index (χ1) is 11.1. The molecule has 0 saturated carbocycles.